The maximum Gasteiger partial charge on any atom is 0.292 e. The summed E-state index contributed by atoms with van der Waals surface area (Å²) in [6, 6.07) is 16.2. The molecule has 0 aromatic heterocycles. The molecule has 0 amide bonds. The van der Waals surface area contributed by atoms with Gasteiger partial charge in [-0.3, -0.25) is 10.1 Å². The standard InChI is InChI=1S/C16H15N3O2/c1-12(9-13-5-3-2-4-6-13)18-15-10-14(11-17)7-8-16(15)19(20)21/h2-8,10,12,18H,9H2,1H3. The Morgan fingerprint density at radius 1 is 1.29 bits per heavy atom. The normalized spacial score (nSPS) is 11.4. The molecule has 0 aliphatic heterocycles. The molecule has 0 aliphatic rings. The molecule has 21 heavy (non-hydrogen) atoms. The fourth-order valence-electron chi connectivity index (χ4n) is 2.16. The number of anilines is 1. The average Bonchev–Trinajstić information content (AvgIpc) is 2.47. The average molecular weight is 281 g/mol. The lowest BCUT2D eigenvalue weighted by molar-refractivity contribution is -0.384. The highest BCUT2D eigenvalue weighted by atomic mass is 16.6. The Balaban J connectivity index is 2.18. The van der Waals surface area contributed by atoms with E-state index >= 15 is 0 Å². The zero-order valence-corrected chi connectivity index (χ0v) is 11.6. The largest absolute Gasteiger partial charge is 0.377 e. The second kappa shape index (κ2) is 6.53. The number of benzene rings is 2. The van der Waals surface area contributed by atoms with Crippen molar-refractivity contribution in [2.45, 2.75) is 19.4 Å². The molecule has 1 atom stereocenters. The number of hydrogen-bond donors (Lipinski definition) is 1. The molecule has 2 rings (SSSR count). The second-order valence-corrected chi connectivity index (χ2v) is 4.84. The minimum atomic E-state index is -0.446. The van der Waals surface area contributed by atoms with Crippen molar-refractivity contribution in [2.75, 3.05) is 5.32 Å². The molecule has 0 aliphatic carbocycles. The Kier molecular flexibility index (Phi) is 4.52. The monoisotopic (exact) mass is 281 g/mol. The Morgan fingerprint density at radius 3 is 2.62 bits per heavy atom. The SMILES string of the molecule is CC(Cc1ccccc1)Nc1cc(C#N)ccc1[N+](=O)[O-]. The molecule has 0 saturated carbocycles. The van der Waals surface area contributed by atoms with Gasteiger partial charge in [-0.05, 0) is 31.0 Å². The first-order chi connectivity index (χ1) is 10.1. The maximum atomic E-state index is 11.0. The van der Waals surface area contributed by atoms with Crippen LogP contribution in [0, 0.1) is 21.4 Å². The molecule has 2 aromatic rings. The van der Waals surface area contributed by atoms with E-state index in [4.69, 9.17) is 5.26 Å². The molecule has 5 nitrogen and oxygen atoms in total. The van der Waals surface area contributed by atoms with E-state index in [2.05, 4.69) is 5.32 Å². The van der Waals surface area contributed by atoms with E-state index in [1.54, 1.807) is 0 Å². The molecular weight excluding hydrogens is 266 g/mol. The Morgan fingerprint density at radius 2 is 2.00 bits per heavy atom. The highest BCUT2D eigenvalue weighted by molar-refractivity contribution is 5.64. The smallest absolute Gasteiger partial charge is 0.292 e. The molecule has 0 heterocycles. The first-order valence-corrected chi connectivity index (χ1v) is 6.59. The third-order valence-electron chi connectivity index (χ3n) is 3.11. The maximum absolute atomic E-state index is 11.0. The van der Waals surface area contributed by atoms with Crippen LogP contribution in [0.5, 0.6) is 0 Å². The first-order valence-electron chi connectivity index (χ1n) is 6.59. The summed E-state index contributed by atoms with van der Waals surface area (Å²) in [6.45, 7) is 1.95. The molecular formula is C16H15N3O2. The number of rotatable bonds is 5. The third kappa shape index (κ3) is 3.80. The van der Waals surface area contributed by atoms with Crippen LogP contribution < -0.4 is 5.32 Å². The molecule has 0 fully saturated rings. The van der Waals surface area contributed by atoms with Crippen molar-refractivity contribution >= 4 is 11.4 Å². The van der Waals surface area contributed by atoms with Crippen molar-refractivity contribution in [1.82, 2.24) is 0 Å². The van der Waals surface area contributed by atoms with Crippen LogP contribution in [0.3, 0.4) is 0 Å². The first kappa shape index (κ1) is 14.5. The number of hydrogen-bond acceptors (Lipinski definition) is 4. The molecule has 1 unspecified atom stereocenters. The van der Waals surface area contributed by atoms with Crippen molar-refractivity contribution in [1.29, 1.82) is 5.26 Å². The van der Waals surface area contributed by atoms with Gasteiger partial charge in [-0.1, -0.05) is 30.3 Å². The Bertz CT molecular complexity index is 678. The van der Waals surface area contributed by atoms with Crippen LogP contribution in [-0.4, -0.2) is 11.0 Å². The van der Waals surface area contributed by atoms with E-state index < -0.39 is 4.92 Å². The van der Waals surface area contributed by atoms with Crippen molar-refractivity contribution in [3.63, 3.8) is 0 Å². The molecule has 0 bridgehead atoms. The minimum Gasteiger partial charge on any atom is -0.377 e. The molecule has 0 radical (unpaired) electrons. The number of nitro benzene ring substituents is 1. The molecule has 106 valence electrons. The summed E-state index contributed by atoms with van der Waals surface area (Å²) in [4.78, 5) is 10.6. The predicted octanol–water partition coefficient (Wildman–Crippen LogP) is 3.51. The van der Waals surface area contributed by atoms with Gasteiger partial charge >= 0.3 is 0 Å². The van der Waals surface area contributed by atoms with Crippen molar-refractivity contribution in [2.24, 2.45) is 0 Å². The van der Waals surface area contributed by atoms with Gasteiger partial charge in [0.15, 0.2) is 0 Å². The third-order valence-corrected chi connectivity index (χ3v) is 3.11. The van der Waals surface area contributed by atoms with Gasteiger partial charge in [-0.25, -0.2) is 0 Å². The van der Waals surface area contributed by atoms with Crippen molar-refractivity contribution in [3.05, 3.63) is 69.8 Å². The minimum absolute atomic E-state index is 0.0139. The highest BCUT2D eigenvalue weighted by Gasteiger charge is 2.16. The highest BCUT2D eigenvalue weighted by Crippen LogP contribution is 2.26. The van der Waals surface area contributed by atoms with E-state index in [-0.39, 0.29) is 11.7 Å². The zero-order chi connectivity index (χ0) is 15.2. The number of nitrogens with one attached hydrogen (secondary N) is 1. The lowest BCUT2D eigenvalue weighted by Crippen LogP contribution is -2.18. The van der Waals surface area contributed by atoms with Crippen LogP contribution in [0.4, 0.5) is 11.4 Å². The lowest BCUT2D eigenvalue weighted by atomic mass is 10.1. The summed E-state index contributed by atoms with van der Waals surface area (Å²) in [5, 5.41) is 23.1. The summed E-state index contributed by atoms with van der Waals surface area (Å²) in [5.74, 6) is 0. The van der Waals surface area contributed by atoms with Gasteiger partial charge in [-0.15, -0.1) is 0 Å². The second-order valence-electron chi connectivity index (χ2n) is 4.84. The van der Waals surface area contributed by atoms with Crippen LogP contribution in [0.15, 0.2) is 48.5 Å². The predicted molar refractivity (Wildman–Crippen MR) is 81.0 cm³/mol. The summed E-state index contributed by atoms with van der Waals surface area (Å²) in [5.41, 5.74) is 1.91. The fraction of sp³-hybridized carbons (Fsp3) is 0.188. The van der Waals surface area contributed by atoms with Gasteiger partial charge in [-0.2, -0.15) is 5.26 Å². The summed E-state index contributed by atoms with van der Waals surface area (Å²) < 4.78 is 0. The van der Waals surface area contributed by atoms with Crippen molar-refractivity contribution < 1.29 is 4.92 Å². The molecule has 1 N–H and O–H groups in total. The van der Waals surface area contributed by atoms with E-state index in [0.717, 1.165) is 12.0 Å². The molecule has 0 spiro atoms. The van der Waals surface area contributed by atoms with Gasteiger partial charge in [0.05, 0.1) is 16.6 Å². The number of nitro groups is 1. The van der Waals surface area contributed by atoms with Gasteiger partial charge in [0.1, 0.15) is 5.69 Å². The van der Waals surface area contributed by atoms with E-state index in [1.807, 2.05) is 43.3 Å². The molecule has 2 aromatic carbocycles. The van der Waals surface area contributed by atoms with Gasteiger partial charge in [0.2, 0.25) is 0 Å². The number of nitriles is 1. The molecule has 5 heteroatoms. The quantitative estimate of drug-likeness (QED) is 0.672. The fourth-order valence-corrected chi connectivity index (χ4v) is 2.16. The summed E-state index contributed by atoms with van der Waals surface area (Å²) in [7, 11) is 0. The van der Waals surface area contributed by atoms with Crippen LogP contribution in [0.1, 0.15) is 18.1 Å². The Labute approximate surface area is 123 Å². The van der Waals surface area contributed by atoms with Crippen LogP contribution in [0.2, 0.25) is 0 Å². The van der Waals surface area contributed by atoms with E-state index in [1.165, 1.54) is 18.2 Å². The zero-order valence-electron chi connectivity index (χ0n) is 11.6. The van der Waals surface area contributed by atoms with Gasteiger partial charge in [0, 0.05) is 12.1 Å². The van der Waals surface area contributed by atoms with Gasteiger partial charge < -0.3 is 5.32 Å². The van der Waals surface area contributed by atoms with Crippen LogP contribution in [-0.2, 0) is 6.42 Å². The van der Waals surface area contributed by atoms with E-state index in [9.17, 15) is 10.1 Å². The number of nitrogens with zero attached hydrogens (tertiary/aromatic N) is 2. The van der Waals surface area contributed by atoms with Crippen molar-refractivity contribution in [3.8, 4) is 6.07 Å². The Hall–Kier alpha value is -2.87. The van der Waals surface area contributed by atoms with E-state index in [0.29, 0.717) is 11.3 Å². The van der Waals surface area contributed by atoms with Crippen LogP contribution >= 0.6 is 0 Å². The van der Waals surface area contributed by atoms with Crippen LogP contribution in [0.25, 0.3) is 0 Å². The topological polar surface area (TPSA) is 79.0 Å². The molecule has 0 saturated heterocycles. The van der Waals surface area contributed by atoms with Gasteiger partial charge in [0.25, 0.3) is 5.69 Å². The summed E-state index contributed by atoms with van der Waals surface area (Å²) >= 11 is 0. The lowest BCUT2D eigenvalue weighted by Gasteiger charge is -2.15. The summed E-state index contributed by atoms with van der Waals surface area (Å²) in [6.07, 6.45) is 0.745.